The monoisotopic (exact) mass is 758 g/mol. The largest absolute Gasteiger partial charge is 0.398 e. The van der Waals surface area contributed by atoms with Crippen LogP contribution in [0, 0.1) is 0 Å². The zero-order valence-corrected chi connectivity index (χ0v) is 32.4. The number of hydrogen-bond acceptors (Lipinski definition) is 6. The molecule has 1 aliphatic heterocycles. The molecule has 2 aliphatic rings. The Balaban J connectivity index is 1.13. The molecule has 6 nitrogen and oxygen atoms in total. The first-order chi connectivity index (χ1) is 28.9. The molecule has 10 rings (SSSR count). The Kier molecular flexibility index (Phi) is 9.00. The van der Waals surface area contributed by atoms with Crippen molar-refractivity contribution < 1.29 is 0 Å². The van der Waals surface area contributed by atoms with Gasteiger partial charge in [0, 0.05) is 57.9 Å². The average Bonchev–Trinajstić information content (AvgIpc) is 3.73. The van der Waals surface area contributed by atoms with Crippen LogP contribution in [0.2, 0.25) is 0 Å². The van der Waals surface area contributed by atoms with E-state index in [9.17, 15) is 0 Å². The maximum Gasteiger partial charge on any atom is 0.0939 e. The fourth-order valence-electron chi connectivity index (χ4n) is 7.95. The fraction of sp³-hybridized carbons (Fsp3) is 0.0377. The summed E-state index contributed by atoms with van der Waals surface area (Å²) in [5.74, 6) is 0. The summed E-state index contributed by atoms with van der Waals surface area (Å²) in [6.07, 6.45) is 17.9. The minimum Gasteiger partial charge on any atom is -0.398 e. The molecule has 0 amide bonds. The van der Waals surface area contributed by atoms with Crippen molar-refractivity contribution in [3.8, 4) is 33.4 Å². The lowest BCUT2D eigenvalue weighted by molar-refractivity contribution is 0.999. The fourth-order valence-corrected chi connectivity index (χ4v) is 7.95. The highest BCUT2D eigenvalue weighted by molar-refractivity contribution is 6.14. The number of nitrogens with zero attached hydrogens (tertiary/aromatic N) is 5. The van der Waals surface area contributed by atoms with Gasteiger partial charge in [-0.25, -0.2) is 0 Å². The summed E-state index contributed by atoms with van der Waals surface area (Å²) >= 11 is 0. The predicted octanol–water partition coefficient (Wildman–Crippen LogP) is 12.0. The van der Waals surface area contributed by atoms with Crippen molar-refractivity contribution in [1.82, 2.24) is 15.0 Å². The second-order valence-corrected chi connectivity index (χ2v) is 15.0. The molecule has 0 spiro atoms. The van der Waals surface area contributed by atoms with Crippen molar-refractivity contribution >= 4 is 55.9 Å². The number of nitrogens with two attached hydrogens (primary N) is 1. The van der Waals surface area contributed by atoms with Gasteiger partial charge in [0.05, 0.1) is 28.3 Å². The summed E-state index contributed by atoms with van der Waals surface area (Å²) in [7, 11) is 0. The smallest absolute Gasteiger partial charge is 0.0939 e. The molecule has 0 saturated heterocycles. The highest BCUT2D eigenvalue weighted by Gasteiger charge is 2.20. The van der Waals surface area contributed by atoms with Crippen molar-refractivity contribution in [1.29, 1.82) is 0 Å². The maximum absolute atomic E-state index is 7.21. The standard InChI is InChI=1S/C53H38N6/c1-33(2)59-53(47-29-43(36-13-16-51-39(23-36)9-5-19-57-51)26-44(30-47)45-24-40-10-6-20-58-52(40)31-45)32-48(54)46-27-41(34-11-14-49-37(21-34)7-3-17-55-49)25-42(28-46)35-12-15-50-38(22-35)8-4-18-56-50/h3-32,52H,1,54H2,2H3/b48-32-,59-53+. The molecule has 5 aromatic carbocycles. The second-order valence-electron chi connectivity index (χ2n) is 15.0. The van der Waals surface area contributed by atoms with Crippen LogP contribution in [0.5, 0.6) is 0 Å². The van der Waals surface area contributed by atoms with E-state index >= 15 is 0 Å². The molecular formula is C53H38N6. The summed E-state index contributed by atoms with van der Waals surface area (Å²) in [5.41, 5.74) is 23.5. The molecule has 280 valence electrons. The van der Waals surface area contributed by atoms with E-state index in [2.05, 4.69) is 149 Å². The second kappa shape index (κ2) is 14.9. The Morgan fingerprint density at radius 3 is 1.64 bits per heavy atom. The number of pyridine rings is 3. The summed E-state index contributed by atoms with van der Waals surface area (Å²) in [6.45, 7) is 6.11. The zero-order valence-electron chi connectivity index (χ0n) is 32.4. The number of dihydropyridines is 1. The molecule has 0 bridgehead atoms. The van der Waals surface area contributed by atoms with Crippen molar-refractivity contribution in [2.24, 2.45) is 15.7 Å². The summed E-state index contributed by atoms with van der Waals surface area (Å²) in [5, 5.41) is 3.22. The molecular weight excluding hydrogens is 721 g/mol. The highest BCUT2D eigenvalue weighted by atomic mass is 14.8. The van der Waals surface area contributed by atoms with Crippen LogP contribution in [0.25, 0.3) is 77.4 Å². The SMILES string of the molecule is C=C(C)/N=C(\C=C(/N)c1cc(-c2ccc3ncccc3c2)cc(-c2ccc3ncccc3c2)c1)c1cc(C2=CC3N=CC=CC3=C2)cc(-c2ccc3ncccc3c2)c1. The average molecular weight is 759 g/mol. The third-order valence-corrected chi connectivity index (χ3v) is 10.9. The molecule has 3 aromatic heterocycles. The van der Waals surface area contributed by atoms with Gasteiger partial charge in [-0.15, -0.1) is 0 Å². The first-order valence-electron chi connectivity index (χ1n) is 19.6. The van der Waals surface area contributed by atoms with E-state index in [-0.39, 0.29) is 6.04 Å². The van der Waals surface area contributed by atoms with E-state index in [4.69, 9.17) is 15.7 Å². The van der Waals surface area contributed by atoms with Crippen molar-refractivity contribution in [3.63, 3.8) is 0 Å². The molecule has 0 radical (unpaired) electrons. The van der Waals surface area contributed by atoms with Gasteiger partial charge in [0.15, 0.2) is 0 Å². The Labute approximate surface area is 342 Å². The van der Waals surface area contributed by atoms with Crippen LogP contribution in [0.15, 0.2) is 204 Å². The van der Waals surface area contributed by atoms with Crippen LogP contribution >= 0.6 is 0 Å². The minimum atomic E-state index is 0.00662. The van der Waals surface area contributed by atoms with Crippen LogP contribution in [-0.2, 0) is 0 Å². The van der Waals surface area contributed by atoms with Gasteiger partial charge in [0.2, 0.25) is 0 Å². The molecule has 4 heterocycles. The number of aromatic nitrogens is 3. The molecule has 0 saturated carbocycles. The lowest BCUT2D eigenvalue weighted by Crippen LogP contribution is -2.06. The van der Waals surface area contributed by atoms with Crippen LogP contribution in [0.4, 0.5) is 0 Å². The third kappa shape index (κ3) is 7.20. The molecule has 1 atom stereocenters. The summed E-state index contributed by atoms with van der Waals surface area (Å²) in [4.78, 5) is 23.4. The summed E-state index contributed by atoms with van der Waals surface area (Å²) in [6, 6.07) is 44.5. The van der Waals surface area contributed by atoms with Gasteiger partial charge in [-0.3, -0.25) is 24.9 Å². The maximum atomic E-state index is 7.21. The molecule has 59 heavy (non-hydrogen) atoms. The minimum absolute atomic E-state index is 0.00662. The first kappa shape index (κ1) is 35.6. The van der Waals surface area contributed by atoms with E-state index < -0.39 is 0 Å². The number of benzene rings is 5. The number of aliphatic imine (C=N–C) groups is 2. The zero-order chi connectivity index (χ0) is 39.9. The van der Waals surface area contributed by atoms with Gasteiger partial charge in [-0.2, -0.15) is 0 Å². The van der Waals surface area contributed by atoms with Crippen molar-refractivity contribution in [2.75, 3.05) is 0 Å². The topological polar surface area (TPSA) is 89.4 Å². The number of hydrogen-bond donors (Lipinski definition) is 1. The van der Waals surface area contributed by atoms with E-state index in [1.54, 1.807) is 0 Å². The van der Waals surface area contributed by atoms with Crippen molar-refractivity contribution in [2.45, 2.75) is 13.0 Å². The van der Waals surface area contributed by atoms with E-state index in [0.717, 1.165) is 88.4 Å². The Bertz CT molecular complexity index is 3120. The third-order valence-electron chi connectivity index (χ3n) is 10.9. The predicted molar refractivity (Wildman–Crippen MR) is 246 cm³/mol. The summed E-state index contributed by atoms with van der Waals surface area (Å²) < 4.78 is 0. The molecule has 2 N–H and O–H groups in total. The Morgan fingerprint density at radius 1 is 0.610 bits per heavy atom. The quantitative estimate of drug-likeness (QED) is 0.156. The van der Waals surface area contributed by atoms with Crippen LogP contribution in [0.1, 0.15) is 23.6 Å². The van der Waals surface area contributed by atoms with Crippen molar-refractivity contribution in [3.05, 3.63) is 211 Å². The lowest BCUT2D eigenvalue weighted by Gasteiger charge is -2.14. The first-order valence-corrected chi connectivity index (χ1v) is 19.6. The normalized spacial score (nSPS) is 15.1. The number of allylic oxidation sites excluding steroid dienone is 5. The Hall–Kier alpha value is -7.83. The number of rotatable bonds is 8. The molecule has 6 heteroatoms. The van der Waals surface area contributed by atoms with Gasteiger partial charge >= 0.3 is 0 Å². The van der Waals surface area contributed by atoms with Gasteiger partial charge in [0.25, 0.3) is 0 Å². The molecule has 1 aliphatic carbocycles. The molecule has 1 unspecified atom stereocenters. The molecule has 0 fully saturated rings. The van der Waals surface area contributed by atoms with Crippen LogP contribution in [-0.4, -0.2) is 32.9 Å². The van der Waals surface area contributed by atoms with Crippen LogP contribution in [0.3, 0.4) is 0 Å². The lowest BCUT2D eigenvalue weighted by atomic mass is 9.92. The van der Waals surface area contributed by atoms with E-state index in [0.29, 0.717) is 17.1 Å². The van der Waals surface area contributed by atoms with E-state index in [1.165, 1.54) is 5.57 Å². The highest BCUT2D eigenvalue weighted by Crippen LogP contribution is 2.36. The van der Waals surface area contributed by atoms with Gasteiger partial charge in [-0.05, 0) is 178 Å². The Morgan fingerprint density at radius 2 is 1.12 bits per heavy atom. The van der Waals surface area contributed by atoms with Gasteiger partial charge in [0.1, 0.15) is 0 Å². The number of fused-ring (bicyclic) bond motifs is 4. The van der Waals surface area contributed by atoms with Crippen LogP contribution < -0.4 is 5.73 Å². The van der Waals surface area contributed by atoms with Gasteiger partial charge < -0.3 is 5.73 Å². The van der Waals surface area contributed by atoms with Gasteiger partial charge in [-0.1, -0.05) is 49.1 Å². The van der Waals surface area contributed by atoms with E-state index in [1.807, 2.05) is 62.1 Å². The molecule has 8 aromatic rings.